The third kappa shape index (κ3) is 4.28. The van der Waals surface area contributed by atoms with E-state index < -0.39 is 0 Å². The van der Waals surface area contributed by atoms with Crippen LogP contribution in [0.3, 0.4) is 0 Å². The van der Waals surface area contributed by atoms with Crippen LogP contribution in [0.25, 0.3) is 0 Å². The minimum absolute atomic E-state index is 0.0000619. The number of carbonyl (C=O) groups is 2. The first-order valence-electron chi connectivity index (χ1n) is 7.16. The van der Waals surface area contributed by atoms with E-state index in [4.69, 9.17) is 0 Å². The Balaban J connectivity index is 1.91. The van der Waals surface area contributed by atoms with Crippen molar-refractivity contribution in [3.63, 3.8) is 0 Å². The highest BCUT2D eigenvalue weighted by atomic mass is 79.9. The summed E-state index contributed by atoms with van der Waals surface area (Å²) >= 11 is 3.40. The molecule has 1 aromatic rings. The third-order valence-electron chi connectivity index (χ3n) is 3.47. The number of carbonyl (C=O) groups excluding carboxylic acids is 2. The third-order valence-corrected chi connectivity index (χ3v) is 3.96. The van der Waals surface area contributed by atoms with E-state index in [0.29, 0.717) is 13.1 Å². The number of nitrogens with zero attached hydrogens (tertiary/aromatic N) is 1. The van der Waals surface area contributed by atoms with Gasteiger partial charge < -0.3 is 15.5 Å². The van der Waals surface area contributed by atoms with Gasteiger partial charge in [-0.3, -0.25) is 9.59 Å². The number of likely N-dealkylation sites (N-methyl/N-ethyl adjacent to an activating group) is 1. The van der Waals surface area contributed by atoms with E-state index in [-0.39, 0.29) is 24.2 Å². The first-order valence-corrected chi connectivity index (χ1v) is 7.95. The number of rotatable bonds is 6. The molecule has 1 fully saturated rings. The molecular weight excluding hydrogens is 334 g/mol. The van der Waals surface area contributed by atoms with Gasteiger partial charge in [0.2, 0.25) is 11.8 Å². The predicted octanol–water partition coefficient (Wildman–Crippen LogP) is 1.53. The van der Waals surface area contributed by atoms with Gasteiger partial charge in [0.25, 0.3) is 0 Å². The number of halogens is 1. The molecule has 2 N–H and O–H groups in total. The summed E-state index contributed by atoms with van der Waals surface area (Å²) in [5, 5.41) is 6.02. The Morgan fingerprint density at radius 2 is 2.24 bits per heavy atom. The van der Waals surface area contributed by atoms with E-state index >= 15 is 0 Å². The standard InChI is InChI=1S/C15H20BrN3O2/c1-2-17-6-7-18-15(21)11-8-14(20)19(10-11)13-5-3-4-12(16)9-13/h3-5,9,11,17H,2,6-8,10H2,1H3,(H,18,21). The Labute approximate surface area is 133 Å². The zero-order valence-corrected chi connectivity index (χ0v) is 13.6. The summed E-state index contributed by atoms with van der Waals surface area (Å²) in [4.78, 5) is 25.8. The first kappa shape index (κ1) is 16.0. The molecule has 0 bridgehead atoms. The zero-order valence-electron chi connectivity index (χ0n) is 12.1. The molecule has 0 saturated carbocycles. The fourth-order valence-electron chi connectivity index (χ4n) is 2.37. The first-order chi connectivity index (χ1) is 10.1. The Morgan fingerprint density at radius 1 is 1.43 bits per heavy atom. The second-order valence-corrected chi connectivity index (χ2v) is 5.95. The van der Waals surface area contributed by atoms with Gasteiger partial charge in [0, 0.05) is 36.2 Å². The normalized spacial score (nSPS) is 18.1. The number of anilines is 1. The number of nitrogens with one attached hydrogen (secondary N) is 2. The lowest BCUT2D eigenvalue weighted by Crippen LogP contribution is -2.37. The van der Waals surface area contributed by atoms with Crippen LogP contribution in [0.5, 0.6) is 0 Å². The molecule has 21 heavy (non-hydrogen) atoms. The molecule has 0 aromatic heterocycles. The van der Waals surface area contributed by atoms with Crippen LogP contribution in [0.4, 0.5) is 5.69 Å². The molecule has 114 valence electrons. The summed E-state index contributed by atoms with van der Waals surface area (Å²) in [5.74, 6) is -0.309. The van der Waals surface area contributed by atoms with Gasteiger partial charge in [-0.25, -0.2) is 0 Å². The number of benzene rings is 1. The molecule has 6 heteroatoms. The van der Waals surface area contributed by atoms with E-state index in [1.165, 1.54) is 0 Å². The topological polar surface area (TPSA) is 61.4 Å². The van der Waals surface area contributed by atoms with Gasteiger partial charge in [0.15, 0.2) is 0 Å². The maximum atomic E-state index is 12.1. The molecule has 2 amide bonds. The maximum Gasteiger partial charge on any atom is 0.227 e. The smallest absolute Gasteiger partial charge is 0.227 e. The van der Waals surface area contributed by atoms with Crippen molar-refractivity contribution in [2.24, 2.45) is 5.92 Å². The van der Waals surface area contributed by atoms with Crippen LogP contribution in [0, 0.1) is 5.92 Å². The molecule has 0 aliphatic carbocycles. The minimum atomic E-state index is -0.266. The summed E-state index contributed by atoms with van der Waals surface area (Å²) in [6, 6.07) is 7.57. The predicted molar refractivity (Wildman–Crippen MR) is 86.2 cm³/mol. The Kier molecular flexibility index (Phi) is 5.76. The second kappa shape index (κ2) is 7.56. The van der Waals surface area contributed by atoms with Crippen molar-refractivity contribution in [3.05, 3.63) is 28.7 Å². The van der Waals surface area contributed by atoms with Crippen LogP contribution in [-0.2, 0) is 9.59 Å². The zero-order chi connectivity index (χ0) is 15.2. The molecule has 5 nitrogen and oxygen atoms in total. The number of hydrogen-bond acceptors (Lipinski definition) is 3. The van der Waals surface area contributed by atoms with E-state index in [0.717, 1.165) is 23.2 Å². The lowest BCUT2D eigenvalue weighted by molar-refractivity contribution is -0.126. The van der Waals surface area contributed by atoms with Gasteiger partial charge in [0.1, 0.15) is 0 Å². The second-order valence-electron chi connectivity index (χ2n) is 5.03. The molecule has 1 saturated heterocycles. The van der Waals surface area contributed by atoms with Crippen LogP contribution >= 0.6 is 15.9 Å². The van der Waals surface area contributed by atoms with Crippen LogP contribution in [0.1, 0.15) is 13.3 Å². The van der Waals surface area contributed by atoms with Crippen molar-refractivity contribution in [1.82, 2.24) is 10.6 Å². The monoisotopic (exact) mass is 353 g/mol. The number of hydrogen-bond donors (Lipinski definition) is 2. The quantitative estimate of drug-likeness (QED) is 0.762. The van der Waals surface area contributed by atoms with Crippen LogP contribution in [0.2, 0.25) is 0 Å². The molecule has 1 unspecified atom stereocenters. The Bertz CT molecular complexity index is 521. The van der Waals surface area contributed by atoms with E-state index in [9.17, 15) is 9.59 Å². The van der Waals surface area contributed by atoms with Gasteiger partial charge in [0.05, 0.1) is 5.92 Å². The molecular formula is C15H20BrN3O2. The van der Waals surface area contributed by atoms with Gasteiger partial charge in [-0.1, -0.05) is 28.9 Å². The number of amides is 2. The Hall–Kier alpha value is -1.40. The maximum absolute atomic E-state index is 12.1. The Morgan fingerprint density at radius 3 is 2.95 bits per heavy atom. The molecule has 0 spiro atoms. The summed E-state index contributed by atoms with van der Waals surface area (Å²) in [6.07, 6.45) is 0.277. The van der Waals surface area contributed by atoms with Crippen molar-refractivity contribution < 1.29 is 9.59 Å². The minimum Gasteiger partial charge on any atom is -0.355 e. The van der Waals surface area contributed by atoms with Crippen LogP contribution < -0.4 is 15.5 Å². The molecule has 1 aliphatic rings. The van der Waals surface area contributed by atoms with Crippen molar-refractivity contribution in [2.45, 2.75) is 13.3 Å². The molecule has 1 aliphatic heterocycles. The van der Waals surface area contributed by atoms with Crippen molar-refractivity contribution >= 4 is 33.4 Å². The van der Waals surface area contributed by atoms with Crippen molar-refractivity contribution in [1.29, 1.82) is 0 Å². The molecule has 2 rings (SSSR count). The SMILES string of the molecule is CCNCCNC(=O)C1CC(=O)N(c2cccc(Br)c2)C1. The largest absolute Gasteiger partial charge is 0.355 e. The summed E-state index contributed by atoms with van der Waals surface area (Å²) in [5.41, 5.74) is 0.831. The van der Waals surface area contributed by atoms with Gasteiger partial charge >= 0.3 is 0 Å². The van der Waals surface area contributed by atoms with E-state index in [1.807, 2.05) is 31.2 Å². The lowest BCUT2D eigenvalue weighted by atomic mass is 10.1. The summed E-state index contributed by atoms with van der Waals surface area (Å²) < 4.78 is 0.923. The van der Waals surface area contributed by atoms with Gasteiger partial charge in [-0.05, 0) is 24.7 Å². The van der Waals surface area contributed by atoms with Gasteiger partial charge in [-0.15, -0.1) is 0 Å². The lowest BCUT2D eigenvalue weighted by Gasteiger charge is -2.17. The molecule has 1 atom stereocenters. The van der Waals surface area contributed by atoms with Crippen LogP contribution in [0.15, 0.2) is 28.7 Å². The van der Waals surface area contributed by atoms with E-state index in [1.54, 1.807) is 4.90 Å². The molecule has 1 aromatic carbocycles. The van der Waals surface area contributed by atoms with Gasteiger partial charge in [-0.2, -0.15) is 0 Å². The van der Waals surface area contributed by atoms with Crippen LogP contribution in [-0.4, -0.2) is 38.0 Å². The summed E-state index contributed by atoms with van der Waals surface area (Å²) in [7, 11) is 0. The summed E-state index contributed by atoms with van der Waals surface area (Å²) in [6.45, 7) is 4.69. The molecule has 0 radical (unpaired) electrons. The average molecular weight is 354 g/mol. The highest BCUT2D eigenvalue weighted by Gasteiger charge is 2.34. The highest BCUT2D eigenvalue weighted by Crippen LogP contribution is 2.27. The van der Waals surface area contributed by atoms with E-state index in [2.05, 4.69) is 26.6 Å². The molecule has 1 heterocycles. The van der Waals surface area contributed by atoms with Crippen molar-refractivity contribution in [2.75, 3.05) is 31.1 Å². The average Bonchev–Trinajstić information content (AvgIpc) is 2.85. The fourth-order valence-corrected chi connectivity index (χ4v) is 2.76. The fraction of sp³-hybridized carbons (Fsp3) is 0.467. The highest BCUT2D eigenvalue weighted by molar-refractivity contribution is 9.10. The van der Waals surface area contributed by atoms with Crippen molar-refractivity contribution in [3.8, 4) is 0 Å².